The van der Waals surface area contributed by atoms with Crippen molar-refractivity contribution in [1.29, 1.82) is 0 Å². The van der Waals surface area contributed by atoms with Crippen molar-refractivity contribution in [3.05, 3.63) is 48.2 Å². The van der Waals surface area contributed by atoms with E-state index in [0.29, 0.717) is 6.42 Å². The summed E-state index contributed by atoms with van der Waals surface area (Å²) in [7, 11) is 3.40. The minimum atomic E-state index is 0.0195. The minimum absolute atomic E-state index is 0.0195. The molecule has 1 aliphatic rings. The largest absolute Gasteiger partial charge is 0.497 e. The third-order valence-corrected chi connectivity index (χ3v) is 4.34. The first-order valence-electron chi connectivity index (χ1n) is 8.35. The Kier molecular flexibility index (Phi) is 5.50. The second-order valence-electron chi connectivity index (χ2n) is 5.95. The Morgan fingerprint density at radius 1 is 1.20 bits per heavy atom. The number of pyridine rings is 1. The monoisotopic (exact) mass is 341 g/mol. The van der Waals surface area contributed by atoms with Gasteiger partial charge in [0.1, 0.15) is 11.6 Å². The van der Waals surface area contributed by atoms with Crippen molar-refractivity contribution in [3.63, 3.8) is 0 Å². The zero-order valence-electron chi connectivity index (χ0n) is 14.6. The van der Waals surface area contributed by atoms with Crippen molar-refractivity contribution < 1.29 is 14.3 Å². The van der Waals surface area contributed by atoms with Crippen molar-refractivity contribution >= 4 is 17.4 Å². The highest BCUT2D eigenvalue weighted by atomic mass is 16.5. The van der Waals surface area contributed by atoms with Gasteiger partial charge in [0, 0.05) is 20.1 Å². The number of amides is 1. The van der Waals surface area contributed by atoms with E-state index < -0.39 is 0 Å². The van der Waals surface area contributed by atoms with Crippen LogP contribution in [0.4, 0.5) is 11.5 Å². The van der Waals surface area contributed by atoms with Crippen LogP contribution in [-0.2, 0) is 16.0 Å². The molecule has 25 heavy (non-hydrogen) atoms. The van der Waals surface area contributed by atoms with Gasteiger partial charge in [-0.2, -0.15) is 0 Å². The highest BCUT2D eigenvalue weighted by Crippen LogP contribution is 2.19. The fraction of sp³-hybridized carbons (Fsp3) is 0.368. The highest BCUT2D eigenvalue weighted by molar-refractivity contribution is 5.94. The lowest BCUT2D eigenvalue weighted by Crippen LogP contribution is -2.36. The van der Waals surface area contributed by atoms with Gasteiger partial charge in [0.15, 0.2) is 0 Å². The van der Waals surface area contributed by atoms with Crippen molar-refractivity contribution in [1.82, 2.24) is 4.98 Å². The normalized spacial score (nSPS) is 14.2. The van der Waals surface area contributed by atoms with Crippen molar-refractivity contribution in [2.75, 3.05) is 50.3 Å². The van der Waals surface area contributed by atoms with Crippen LogP contribution in [0.2, 0.25) is 0 Å². The number of morpholine rings is 1. The van der Waals surface area contributed by atoms with Gasteiger partial charge in [-0.25, -0.2) is 4.98 Å². The molecule has 0 bridgehead atoms. The number of hydrogen-bond acceptors (Lipinski definition) is 5. The topological polar surface area (TPSA) is 54.9 Å². The molecule has 1 fully saturated rings. The first-order chi connectivity index (χ1) is 12.2. The number of likely N-dealkylation sites (N-methyl/N-ethyl adjacent to an activating group) is 1. The van der Waals surface area contributed by atoms with Crippen LogP contribution < -0.4 is 14.5 Å². The lowest BCUT2D eigenvalue weighted by molar-refractivity contribution is -0.117. The summed E-state index contributed by atoms with van der Waals surface area (Å²) in [6, 6.07) is 11.4. The molecule has 6 heteroatoms. The van der Waals surface area contributed by atoms with E-state index in [1.807, 2.05) is 36.4 Å². The highest BCUT2D eigenvalue weighted by Gasteiger charge is 2.15. The number of carbonyl (C=O) groups excluding carboxylic acids is 1. The quantitative estimate of drug-likeness (QED) is 0.834. The first kappa shape index (κ1) is 17.2. The number of hydrogen-bond donors (Lipinski definition) is 0. The summed E-state index contributed by atoms with van der Waals surface area (Å²) >= 11 is 0. The van der Waals surface area contributed by atoms with Gasteiger partial charge in [0.05, 0.1) is 38.6 Å². The number of anilines is 2. The molecule has 1 amide bonds. The van der Waals surface area contributed by atoms with Crippen LogP contribution in [-0.4, -0.2) is 51.4 Å². The van der Waals surface area contributed by atoms with Gasteiger partial charge >= 0.3 is 0 Å². The summed E-state index contributed by atoms with van der Waals surface area (Å²) in [4.78, 5) is 20.8. The Bertz CT molecular complexity index is 695. The van der Waals surface area contributed by atoms with E-state index in [0.717, 1.165) is 49.1 Å². The predicted octanol–water partition coefficient (Wildman–Crippen LogP) is 2.13. The van der Waals surface area contributed by atoms with Crippen LogP contribution in [0.3, 0.4) is 0 Å². The molecule has 3 rings (SSSR count). The number of rotatable bonds is 5. The van der Waals surface area contributed by atoms with Gasteiger partial charge in [0.25, 0.3) is 0 Å². The molecule has 0 atom stereocenters. The molecule has 0 aliphatic carbocycles. The number of benzene rings is 1. The van der Waals surface area contributed by atoms with Crippen LogP contribution >= 0.6 is 0 Å². The van der Waals surface area contributed by atoms with E-state index in [-0.39, 0.29) is 5.91 Å². The summed E-state index contributed by atoms with van der Waals surface area (Å²) in [6.07, 6.45) is 2.09. The maximum atomic E-state index is 12.5. The maximum Gasteiger partial charge on any atom is 0.231 e. The molecule has 0 spiro atoms. The molecule has 0 saturated carbocycles. The zero-order chi connectivity index (χ0) is 17.6. The molecular weight excluding hydrogens is 318 g/mol. The number of aromatic nitrogens is 1. The fourth-order valence-electron chi connectivity index (χ4n) is 2.74. The van der Waals surface area contributed by atoms with E-state index in [4.69, 9.17) is 9.47 Å². The standard InChI is InChI=1S/C19H23N3O3/c1-21(19(23)13-15-3-6-17(24-2)7-4-15)16-5-8-18(20-14-16)22-9-11-25-12-10-22/h3-8,14H,9-13H2,1-2H3. The summed E-state index contributed by atoms with van der Waals surface area (Å²) in [5, 5.41) is 0. The number of methoxy groups -OCH3 is 1. The fourth-order valence-corrected chi connectivity index (χ4v) is 2.74. The molecule has 1 saturated heterocycles. The lowest BCUT2D eigenvalue weighted by atomic mass is 10.1. The van der Waals surface area contributed by atoms with Gasteiger partial charge in [-0.1, -0.05) is 12.1 Å². The smallest absolute Gasteiger partial charge is 0.231 e. The van der Waals surface area contributed by atoms with E-state index in [9.17, 15) is 4.79 Å². The number of nitrogens with zero attached hydrogens (tertiary/aromatic N) is 3. The molecule has 6 nitrogen and oxygen atoms in total. The Morgan fingerprint density at radius 2 is 1.92 bits per heavy atom. The van der Waals surface area contributed by atoms with Crippen LogP contribution in [0.1, 0.15) is 5.56 Å². The average Bonchev–Trinajstić information content (AvgIpc) is 2.69. The molecule has 0 unspecified atom stereocenters. The van der Waals surface area contributed by atoms with Crippen molar-refractivity contribution in [2.45, 2.75) is 6.42 Å². The van der Waals surface area contributed by atoms with E-state index in [1.54, 1.807) is 25.3 Å². The second-order valence-corrected chi connectivity index (χ2v) is 5.95. The number of carbonyl (C=O) groups is 1. The maximum absolute atomic E-state index is 12.5. The Labute approximate surface area is 148 Å². The molecule has 132 valence electrons. The first-order valence-corrected chi connectivity index (χ1v) is 8.35. The van der Waals surface area contributed by atoms with Gasteiger partial charge in [-0.3, -0.25) is 4.79 Å². The molecule has 0 radical (unpaired) electrons. The third kappa shape index (κ3) is 4.28. The molecule has 2 aromatic rings. The SMILES string of the molecule is COc1ccc(CC(=O)N(C)c2ccc(N3CCOCC3)nc2)cc1. The lowest BCUT2D eigenvalue weighted by Gasteiger charge is -2.28. The van der Waals surface area contributed by atoms with E-state index in [2.05, 4.69) is 9.88 Å². The van der Waals surface area contributed by atoms with Gasteiger partial charge in [0.2, 0.25) is 5.91 Å². The van der Waals surface area contributed by atoms with Gasteiger partial charge < -0.3 is 19.3 Å². The average molecular weight is 341 g/mol. The Hall–Kier alpha value is -2.60. The predicted molar refractivity (Wildman–Crippen MR) is 97.4 cm³/mol. The van der Waals surface area contributed by atoms with Crippen LogP contribution in [0.25, 0.3) is 0 Å². The second kappa shape index (κ2) is 7.98. The summed E-state index contributed by atoms with van der Waals surface area (Å²) in [5.41, 5.74) is 1.74. The van der Waals surface area contributed by atoms with Gasteiger partial charge in [-0.05, 0) is 29.8 Å². The van der Waals surface area contributed by atoms with Gasteiger partial charge in [-0.15, -0.1) is 0 Å². The third-order valence-electron chi connectivity index (χ3n) is 4.34. The minimum Gasteiger partial charge on any atom is -0.497 e. The van der Waals surface area contributed by atoms with E-state index >= 15 is 0 Å². The molecule has 1 aromatic heterocycles. The zero-order valence-corrected chi connectivity index (χ0v) is 14.6. The molecule has 0 N–H and O–H groups in total. The van der Waals surface area contributed by atoms with E-state index in [1.165, 1.54) is 0 Å². The summed E-state index contributed by atoms with van der Waals surface area (Å²) in [6.45, 7) is 3.14. The van der Waals surface area contributed by atoms with Crippen LogP contribution in [0, 0.1) is 0 Å². The Morgan fingerprint density at radius 3 is 2.52 bits per heavy atom. The summed E-state index contributed by atoms with van der Waals surface area (Å²) < 4.78 is 10.5. The molecular formula is C19H23N3O3. The Balaban J connectivity index is 1.62. The van der Waals surface area contributed by atoms with Crippen molar-refractivity contribution in [2.24, 2.45) is 0 Å². The van der Waals surface area contributed by atoms with Crippen molar-refractivity contribution in [3.8, 4) is 5.75 Å². The van der Waals surface area contributed by atoms with Crippen LogP contribution in [0.5, 0.6) is 5.75 Å². The summed E-state index contributed by atoms with van der Waals surface area (Å²) in [5.74, 6) is 1.72. The van der Waals surface area contributed by atoms with Crippen LogP contribution in [0.15, 0.2) is 42.6 Å². The molecule has 1 aliphatic heterocycles. The number of ether oxygens (including phenoxy) is 2. The molecule has 2 heterocycles. The molecule has 1 aromatic carbocycles.